The van der Waals surface area contributed by atoms with Crippen molar-refractivity contribution in [1.29, 1.82) is 0 Å². The van der Waals surface area contributed by atoms with Crippen LogP contribution in [0.25, 0.3) is 0 Å². The molecule has 2 aromatic rings. The quantitative estimate of drug-likeness (QED) is 0.806. The Morgan fingerprint density at radius 2 is 1.95 bits per heavy atom. The molecule has 1 heterocycles. The summed E-state index contributed by atoms with van der Waals surface area (Å²) in [4.78, 5) is 10.1. The third kappa shape index (κ3) is 3.67. The van der Waals surface area contributed by atoms with Crippen LogP contribution in [-0.4, -0.2) is 22.8 Å². The van der Waals surface area contributed by atoms with Gasteiger partial charge in [-0.15, -0.1) is 11.8 Å². The summed E-state index contributed by atoms with van der Waals surface area (Å²) in [5, 5.41) is 3.27. The van der Waals surface area contributed by atoms with Crippen molar-refractivity contribution in [3.05, 3.63) is 35.7 Å². The van der Waals surface area contributed by atoms with Gasteiger partial charge in [-0.25, -0.2) is 4.98 Å². The van der Waals surface area contributed by atoms with Crippen LogP contribution in [0.1, 0.15) is 25.2 Å². The lowest BCUT2D eigenvalue weighted by Crippen LogP contribution is -2.07. The van der Waals surface area contributed by atoms with Crippen LogP contribution in [0.4, 0.5) is 5.82 Å². The van der Waals surface area contributed by atoms with Crippen molar-refractivity contribution < 1.29 is 4.74 Å². The van der Waals surface area contributed by atoms with Gasteiger partial charge in [0.2, 0.25) is 5.88 Å². The molecule has 0 spiro atoms. The molecule has 0 amide bonds. The third-order valence-corrected chi connectivity index (χ3v) is 3.86. The Morgan fingerprint density at radius 3 is 2.62 bits per heavy atom. The minimum Gasteiger partial charge on any atom is -0.437 e. The molecule has 1 aromatic heterocycles. The lowest BCUT2D eigenvalue weighted by molar-refractivity contribution is 0.445. The predicted octanol–water partition coefficient (Wildman–Crippen LogP) is 4.29. The number of aromatic nitrogens is 2. The zero-order valence-corrected chi connectivity index (χ0v) is 13.8. The largest absolute Gasteiger partial charge is 0.437 e. The molecule has 21 heavy (non-hydrogen) atoms. The lowest BCUT2D eigenvalue weighted by atomic mass is 10.3. The fourth-order valence-electron chi connectivity index (χ4n) is 1.94. The maximum absolute atomic E-state index is 6.05. The molecule has 0 atom stereocenters. The Hall–Kier alpha value is -1.75. The van der Waals surface area contributed by atoms with Crippen molar-refractivity contribution in [2.45, 2.75) is 32.1 Å². The zero-order chi connectivity index (χ0) is 15.2. The molecule has 2 rings (SSSR count). The van der Waals surface area contributed by atoms with Crippen LogP contribution in [-0.2, 0) is 6.42 Å². The summed E-state index contributed by atoms with van der Waals surface area (Å²) in [5.74, 6) is 3.09. The van der Waals surface area contributed by atoms with Gasteiger partial charge in [-0.1, -0.05) is 19.1 Å². The molecular weight excluding hydrogens is 282 g/mol. The predicted molar refractivity (Wildman–Crippen MR) is 88.6 cm³/mol. The smallest absolute Gasteiger partial charge is 0.227 e. The highest BCUT2D eigenvalue weighted by molar-refractivity contribution is 7.98. The minimum atomic E-state index is 0.624. The monoisotopic (exact) mass is 303 g/mol. The van der Waals surface area contributed by atoms with E-state index in [-0.39, 0.29) is 0 Å². The van der Waals surface area contributed by atoms with Gasteiger partial charge in [0.05, 0.1) is 5.56 Å². The van der Waals surface area contributed by atoms with Crippen molar-refractivity contribution >= 4 is 17.6 Å². The molecule has 0 bridgehead atoms. The summed E-state index contributed by atoms with van der Waals surface area (Å²) in [6.45, 7) is 6.90. The fraction of sp³-hybridized carbons (Fsp3) is 0.375. The Labute approximate surface area is 130 Å². The van der Waals surface area contributed by atoms with Crippen molar-refractivity contribution in [3.63, 3.8) is 0 Å². The Balaban J connectivity index is 2.40. The molecule has 1 N–H and O–H groups in total. The first kappa shape index (κ1) is 15.6. The van der Waals surface area contributed by atoms with Gasteiger partial charge < -0.3 is 10.1 Å². The van der Waals surface area contributed by atoms with E-state index in [1.165, 1.54) is 0 Å². The van der Waals surface area contributed by atoms with Crippen LogP contribution in [0.2, 0.25) is 0 Å². The first-order valence-corrected chi connectivity index (χ1v) is 8.34. The molecular formula is C16H21N3OS. The second-order valence-corrected chi connectivity index (χ2v) is 5.40. The molecule has 0 saturated heterocycles. The number of thioether (sulfide) groups is 1. The average Bonchev–Trinajstić information content (AvgIpc) is 2.51. The molecule has 0 aliphatic heterocycles. The molecule has 0 aliphatic rings. The summed E-state index contributed by atoms with van der Waals surface area (Å²) in [6.07, 6.45) is 2.82. The van der Waals surface area contributed by atoms with E-state index in [1.54, 1.807) is 11.8 Å². The fourth-order valence-corrected chi connectivity index (χ4v) is 2.47. The SMILES string of the molecule is CCNc1nc(CC)nc(Oc2ccccc2SC)c1C. The van der Waals surface area contributed by atoms with Gasteiger partial charge in [-0.05, 0) is 32.2 Å². The van der Waals surface area contributed by atoms with Gasteiger partial charge in [-0.2, -0.15) is 4.98 Å². The second kappa shape index (κ2) is 7.31. The van der Waals surface area contributed by atoms with Gasteiger partial charge in [0, 0.05) is 17.9 Å². The van der Waals surface area contributed by atoms with E-state index >= 15 is 0 Å². The molecule has 0 radical (unpaired) electrons. The first-order chi connectivity index (χ1) is 10.2. The van der Waals surface area contributed by atoms with E-state index in [0.29, 0.717) is 5.88 Å². The highest BCUT2D eigenvalue weighted by atomic mass is 32.2. The number of ether oxygens (including phenoxy) is 1. The number of rotatable bonds is 6. The summed E-state index contributed by atoms with van der Waals surface area (Å²) in [5.41, 5.74) is 0.935. The standard InChI is InChI=1S/C16H21N3OS/c1-5-14-18-15(17-6-2)11(3)16(19-14)20-12-9-7-8-10-13(12)21-4/h7-10H,5-6H2,1-4H3,(H,17,18,19). The molecule has 5 heteroatoms. The van der Waals surface area contributed by atoms with E-state index in [4.69, 9.17) is 4.74 Å². The third-order valence-electron chi connectivity index (χ3n) is 3.08. The van der Waals surface area contributed by atoms with Crippen molar-refractivity contribution in [2.75, 3.05) is 18.1 Å². The van der Waals surface area contributed by atoms with E-state index in [2.05, 4.69) is 22.2 Å². The van der Waals surface area contributed by atoms with Crippen LogP contribution >= 0.6 is 11.8 Å². The van der Waals surface area contributed by atoms with Gasteiger partial charge in [0.15, 0.2) is 0 Å². The highest BCUT2D eigenvalue weighted by Crippen LogP contribution is 2.33. The second-order valence-electron chi connectivity index (χ2n) is 4.56. The van der Waals surface area contributed by atoms with Gasteiger partial charge in [-0.3, -0.25) is 0 Å². The number of aryl methyl sites for hydroxylation is 1. The van der Waals surface area contributed by atoms with Crippen LogP contribution in [0.3, 0.4) is 0 Å². The molecule has 4 nitrogen and oxygen atoms in total. The minimum absolute atomic E-state index is 0.624. The van der Waals surface area contributed by atoms with Crippen LogP contribution in [0.15, 0.2) is 29.2 Å². The Morgan fingerprint density at radius 1 is 1.19 bits per heavy atom. The number of nitrogens with one attached hydrogen (secondary N) is 1. The molecule has 0 saturated carbocycles. The maximum Gasteiger partial charge on any atom is 0.227 e. The van der Waals surface area contributed by atoms with Gasteiger partial charge in [0.1, 0.15) is 17.4 Å². The van der Waals surface area contributed by atoms with Crippen molar-refractivity contribution in [3.8, 4) is 11.6 Å². The van der Waals surface area contributed by atoms with Crippen LogP contribution in [0.5, 0.6) is 11.6 Å². The van der Waals surface area contributed by atoms with Gasteiger partial charge >= 0.3 is 0 Å². The zero-order valence-electron chi connectivity index (χ0n) is 12.9. The number of hydrogen-bond donors (Lipinski definition) is 1. The first-order valence-electron chi connectivity index (χ1n) is 7.11. The summed E-state index contributed by atoms with van der Waals surface area (Å²) < 4.78 is 6.05. The maximum atomic E-state index is 6.05. The van der Waals surface area contributed by atoms with Crippen molar-refractivity contribution in [2.24, 2.45) is 0 Å². The number of hydrogen-bond acceptors (Lipinski definition) is 5. The molecule has 0 aliphatic carbocycles. The van der Waals surface area contributed by atoms with Gasteiger partial charge in [0.25, 0.3) is 0 Å². The Bertz CT molecular complexity index is 616. The van der Waals surface area contributed by atoms with Crippen molar-refractivity contribution in [1.82, 2.24) is 9.97 Å². The normalized spacial score (nSPS) is 10.5. The number of benzene rings is 1. The number of para-hydroxylation sites is 1. The summed E-state index contributed by atoms with van der Waals surface area (Å²) in [6, 6.07) is 7.99. The van der Waals surface area contributed by atoms with E-state index in [1.807, 2.05) is 44.4 Å². The van der Waals surface area contributed by atoms with Crippen LogP contribution in [0, 0.1) is 6.92 Å². The highest BCUT2D eigenvalue weighted by Gasteiger charge is 2.13. The average molecular weight is 303 g/mol. The summed E-state index contributed by atoms with van der Waals surface area (Å²) >= 11 is 1.66. The number of anilines is 1. The topological polar surface area (TPSA) is 47.0 Å². The van der Waals surface area contributed by atoms with E-state index in [0.717, 1.165) is 40.8 Å². The summed E-state index contributed by atoms with van der Waals surface area (Å²) in [7, 11) is 0. The number of nitrogens with zero attached hydrogens (tertiary/aromatic N) is 2. The molecule has 112 valence electrons. The Kier molecular flexibility index (Phi) is 5.44. The molecule has 1 aromatic carbocycles. The lowest BCUT2D eigenvalue weighted by Gasteiger charge is -2.14. The molecule has 0 unspecified atom stereocenters. The van der Waals surface area contributed by atoms with E-state index in [9.17, 15) is 0 Å². The molecule has 0 fully saturated rings. The van der Waals surface area contributed by atoms with Crippen LogP contribution < -0.4 is 10.1 Å². The van der Waals surface area contributed by atoms with E-state index < -0.39 is 0 Å².